The lowest BCUT2D eigenvalue weighted by molar-refractivity contribution is -0.113. The van der Waals surface area contributed by atoms with Crippen molar-refractivity contribution in [3.63, 3.8) is 0 Å². The number of hydrogen-bond acceptors (Lipinski definition) is 1. The molecule has 1 aromatic carbocycles. The minimum Gasteiger partial charge on any atom is -0.277 e. The molecule has 0 aromatic heterocycles. The van der Waals surface area contributed by atoms with E-state index in [1.807, 2.05) is 36.4 Å². The molecular weight excluding hydrogens is 222 g/mol. The lowest BCUT2D eigenvalue weighted by Crippen LogP contribution is -2.32. The molecule has 1 aromatic rings. The zero-order valence-corrected chi connectivity index (χ0v) is 9.97. The predicted octanol–water partition coefficient (Wildman–Crippen LogP) is 3.45. The van der Waals surface area contributed by atoms with Gasteiger partial charge in [-0.25, -0.2) is 0 Å². The first kappa shape index (κ1) is 10.8. The Hall–Kier alpha value is -2.35. The van der Waals surface area contributed by atoms with Gasteiger partial charge in [-0.15, -0.1) is 0 Å². The van der Waals surface area contributed by atoms with Gasteiger partial charge in [0.25, 0.3) is 5.91 Å². The largest absolute Gasteiger partial charge is 0.277 e. The fourth-order valence-corrected chi connectivity index (χ4v) is 2.38. The third-order valence-electron chi connectivity index (χ3n) is 3.20. The van der Waals surface area contributed by atoms with Crippen molar-refractivity contribution in [1.29, 1.82) is 0 Å². The van der Waals surface area contributed by atoms with E-state index in [1.165, 1.54) is 11.6 Å². The molecule has 1 aliphatic heterocycles. The maximum atomic E-state index is 12.1. The summed E-state index contributed by atoms with van der Waals surface area (Å²) < 4.78 is 0. The average Bonchev–Trinajstić information content (AvgIpc) is 2.44. The third kappa shape index (κ3) is 1.54. The van der Waals surface area contributed by atoms with E-state index in [9.17, 15) is 4.79 Å². The summed E-state index contributed by atoms with van der Waals surface area (Å²) in [4.78, 5) is 13.8. The second-order valence-corrected chi connectivity index (χ2v) is 4.29. The molecule has 0 saturated heterocycles. The Morgan fingerprint density at radius 3 is 3.00 bits per heavy atom. The zero-order chi connectivity index (χ0) is 12.5. The molecule has 88 valence electrons. The summed E-state index contributed by atoms with van der Waals surface area (Å²) in [5.41, 5.74) is 4.13. The molecule has 3 rings (SSSR count). The maximum absolute atomic E-state index is 12.1. The molecular formula is C16H13NO. The molecule has 18 heavy (non-hydrogen) atoms. The minimum atomic E-state index is -0.0883. The third-order valence-corrected chi connectivity index (χ3v) is 3.20. The molecule has 1 aliphatic carbocycles. The summed E-state index contributed by atoms with van der Waals surface area (Å²) >= 11 is 0. The summed E-state index contributed by atoms with van der Waals surface area (Å²) in [6.07, 6.45) is 10.4. The summed E-state index contributed by atoms with van der Waals surface area (Å²) in [5, 5.41) is 0. The van der Waals surface area contributed by atoms with Crippen molar-refractivity contribution >= 4 is 17.7 Å². The highest BCUT2D eigenvalue weighted by Gasteiger charge is 2.26. The van der Waals surface area contributed by atoms with E-state index in [0.29, 0.717) is 0 Å². The molecule has 2 aliphatic rings. The quantitative estimate of drug-likeness (QED) is 0.683. The number of allylic oxidation sites excluding steroid dienone is 4. The first-order valence-corrected chi connectivity index (χ1v) is 5.94. The van der Waals surface area contributed by atoms with Crippen LogP contribution in [0, 0.1) is 0 Å². The van der Waals surface area contributed by atoms with Gasteiger partial charge in [0.15, 0.2) is 0 Å². The summed E-state index contributed by atoms with van der Waals surface area (Å²) in [6, 6.07) is 7.92. The van der Waals surface area contributed by atoms with E-state index in [-0.39, 0.29) is 5.91 Å². The Morgan fingerprint density at radius 2 is 2.17 bits per heavy atom. The Labute approximate surface area is 106 Å². The number of fused-ring (bicyclic) bond motifs is 2. The summed E-state index contributed by atoms with van der Waals surface area (Å²) in [6.45, 7) is 3.59. The van der Waals surface area contributed by atoms with Crippen molar-refractivity contribution in [2.24, 2.45) is 0 Å². The van der Waals surface area contributed by atoms with Crippen molar-refractivity contribution in [3.05, 3.63) is 72.0 Å². The van der Waals surface area contributed by atoms with Gasteiger partial charge in [-0.05, 0) is 41.9 Å². The Kier molecular flexibility index (Phi) is 2.49. The lowest BCUT2D eigenvalue weighted by Gasteiger charge is -2.32. The number of para-hydroxylation sites is 1. The Morgan fingerprint density at radius 1 is 1.33 bits per heavy atom. The highest BCUT2D eigenvalue weighted by molar-refractivity contribution is 6.07. The summed E-state index contributed by atoms with van der Waals surface area (Å²) in [7, 11) is 0. The van der Waals surface area contributed by atoms with Crippen LogP contribution in [0.4, 0.5) is 5.69 Å². The minimum absolute atomic E-state index is 0.0883. The molecule has 2 nitrogen and oxygen atoms in total. The van der Waals surface area contributed by atoms with Gasteiger partial charge >= 0.3 is 0 Å². The van der Waals surface area contributed by atoms with E-state index in [2.05, 4.69) is 18.7 Å². The van der Waals surface area contributed by atoms with E-state index in [1.54, 1.807) is 4.90 Å². The van der Waals surface area contributed by atoms with Crippen molar-refractivity contribution in [2.75, 3.05) is 4.90 Å². The normalized spacial score (nSPS) is 16.3. The van der Waals surface area contributed by atoms with E-state index >= 15 is 0 Å². The number of benzene rings is 1. The van der Waals surface area contributed by atoms with Gasteiger partial charge in [-0.1, -0.05) is 36.9 Å². The van der Waals surface area contributed by atoms with Gasteiger partial charge in [-0.2, -0.15) is 0 Å². The van der Waals surface area contributed by atoms with Gasteiger partial charge in [0, 0.05) is 0 Å². The molecule has 2 heteroatoms. The second kappa shape index (κ2) is 4.15. The standard InChI is InChI=1S/C16H13NO/c1-2-16(18)17-14-9-5-3-7-12(14)11-13-8-4-6-10-15(13)17/h2-7,9-11H,1,8H2. The number of anilines is 1. The second-order valence-electron chi connectivity index (χ2n) is 4.29. The molecule has 0 saturated carbocycles. The predicted molar refractivity (Wildman–Crippen MR) is 73.9 cm³/mol. The van der Waals surface area contributed by atoms with Gasteiger partial charge in [-0.3, -0.25) is 9.69 Å². The first-order valence-electron chi connectivity index (χ1n) is 5.94. The van der Waals surface area contributed by atoms with Crippen LogP contribution in [0.1, 0.15) is 12.0 Å². The van der Waals surface area contributed by atoms with Crippen LogP contribution in [0.5, 0.6) is 0 Å². The van der Waals surface area contributed by atoms with Crippen molar-refractivity contribution < 1.29 is 4.79 Å². The lowest BCUT2D eigenvalue weighted by atomic mass is 9.94. The van der Waals surface area contributed by atoms with Crippen LogP contribution in [0.2, 0.25) is 0 Å². The molecule has 0 bridgehead atoms. The fraction of sp³-hybridized carbons (Fsp3) is 0.0625. The van der Waals surface area contributed by atoms with Gasteiger partial charge < -0.3 is 0 Å². The molecule has 0 radical (unpaired) electrons. The molecule has 1 amide bonds. The monoisotopic (exact) mass is 235 g/mol. The van der Waals surface area contributed by atoms with Gasteiger partial charge in [0.1, 0.15) is 0 Å². The van der Waals surface area contributed by atoms with Crippen LogP contribution in [-0.4, -0.2) is 5.91 Å². The molecule has 0 atom stereocenters. The van der Waals surface area contributed by atoms with Crippen LogP contribution in [-0.2, 0) is 4.79 Å². The van der Waals surface area contributed by atoms with Crippen LogP contribution >= 0.6 is 0 Å². The number of carbonyl (C=O) groups is 1. The maximum Gasteiger partial charge on any atom is 0.254 e. The van der Waals surface area contributed by atoms with E-state index < -0.39 is 0 Å². The summed E-state index contributed by atoms with van der Waals surface area (Å²) in [5.74, 6) is -0.0883. The van der Waals surface area contributed by atoms with E-state index in [0.717, 1.165) is 23.4 Å². The smallest absolute Gasteiger partial charge is 0.254 e. The van der Waals surface area contributed by atoms with E-state index in [4.69, 9.17) is 0 Å². The highest BCUT2D eigenvalue weighted by Crippen LogP contribution is 2.37. The molecule has 0 fully saturated rings. The van der Waals surface area contributed by atoms with Gasteiger partial charge in [0.05, 0.1) is 11.4 Å². The zero-order valence-electron chi connectivity index (χ0n) is 9.97. The highest BCUT2D eigenvalue weighted by atomic mass is 16.2. The number of rotatable bonds is 1. The average molecular weight is 235 g/mol. The molecule has 1 heterocycles. The van der Waals surface area contributed by atoms with Crippen LogP contribution in [0.25, 0.3) is 6.08 Å². The van der Waals surface area contributed by atoms with Crippen molar-refractivity contribution in [3.8, 4) is 0 Å². The topological polar surface area (TPSA) is 20.3 Å². The molecule has 0 N–H and O–H groups in total. The molecule has 0 spiro atoms. The number of hydrogen-bond donors (Lipinski definition) is 0. The molecule has 0 unspecified atom stereocenters. The fourth-order valence-electron chi connectivity index (χ4n) is 2.38. The number of amides is 1. The Bertz CT molecular complexity index is 620. The number of carbonyl (C=O) groups excluding carboxylic acids is 1. The Balaban J connectivity index is 2.23. The first-order chi connectivity index (χ1) is 8.81. The van der Waals surface area contributed by atoms with Crippen molar-refractivity contribution in [1.82, 2.24) is 0 Å². The van der Waals surface area contributed by atoms with Crippen LogP contribution in [0.3, 0.4) is 0 Å². The van der Waals surface area contributed by atoms with Crippen LogP contribution in [0.15, 0.2) is 66.4 Å². The number of nitrogens with zero attached hydrogens (tertiary/aromatic N) is 1. The van der Waals surface area contributed by atoms with Crippen molar-refractivity contribution in [2.45, 2.75) is 6.42 Å². The van der Waals surface area contributed by atoms with Crippen LogP contribution < -0.4 is 4.90 Å². The SMILES string of the molecule is C=CC(=O)N1C2=CC=CCC2=Cc2ccccc21. The van der Waals surface area contributed by atoms with Gasteiger partial charge in [0.2, 0.25) is 0 Å².